The zero-order chi connectivity index (χ0) is 11.0. The van der Waals surface area contributed by atoms with Crippen LogP contribution in [0.4, 0.5) is 11.4 Å². The standard InChI is InChI=1S/C9H10ClN3O2/c1-12(6-2-3-6)7-4-5-11-9(10)8(7)13(14)15/h4-6H,2-3H2,1H3. The summed E-state index contributed by atoms with van der Waals surface area (Å²) < 4.78 is 0. The minimum Gasteiger partial charge on any atom is -0.366 e. The highest BCUT2D eigenvalue weighted by Gasteiger charge is 2.31. The van der Waals surface area contributed by atoms with Crippen LogP contribution in [0, 0.1) is 10.1 Å². The largest absolute Gasteiger partial charge is 0.366 e. The highest BCUT2D eigenvalue weighted by Crippen LogP contribution is 2.38. The first-order chi connectivity index (χ1) is 7.11. The lowest BCUT2D eigenvalue weighted by Crippen LogP contribution is -2.20. The highest BCUT2D eigenvalue weighted by molar-refractivity contribution is 6.32. The Morgan fingerprint density at radius 3 is 2.87 bits per heavy atom. The van der Waals surface area contributed by atoms with Gasteiger partial charge in [0, 0.05) is 19.3 Å². The van der Waals surface area contributed by atoms with Gasteiger partial charge in [-0.1, -0.05) is 11.6 Å². The zero-order valence-electron chi connectivity index (χ0n) is 8.18. The Hall–Kier alpha value is -1.36. The number of aromatic nitrogens is 1. The van der Waals surface area contributed by atoms with Gasteiger partial charge in [-0.05, 0) is 18.9 Å². The number of rotatable bonds is 3. The molecule has 0 bridgehead atoms. The van der Waals surface area contributed by atoms with Crippen molar-refractivity contribution >= 4 is 23.0 Å². The lowest BCUT2D eigenvalue weighted by atomic mass is 10.3. The molecule has 1 aliphatic carbocycles. The van der Waals surface area contributed by atoms with E-state index in [2.05, 4.69) is 4.98 Å². The molecule has 1 aliphatic rings. The van der Waals surface area contributed by atoms with E-state index in [0.29, 0.717) is 11.7 Å². The molecule has 6 heteroatoms. The Kier molecular flexibility index (Phi) is 2.48. The van der Waals surface area contributed by atoms with Crippen molar-refractivity contribution in [1.82, 2.24) is 4.98 Å². The molecular formula is C9H10ClN3O2. The molecule has 0 N–H and O–H groups in total. The Labute approximate surface area is 91.8 Å². The highest BCUT2D eigenvalue weighted by atomic mass is 35.5. The quantitative estimate of drug-likeness (QED) is 0.451. The summed E-state index contributed by atoms with van der Waals surface area (Å²) in [6.45, 7) is 0. The maximum Gasteiger partial charge on any atom is 0.329 e. The summed E-state index contributed by atoms with van der Waals surface area (Å²) in [6.07, 6.45) is 3.64. The normalized spacial score (nSPS) is 15.1. The second kappa shape index (κ2) is 3.66. The number of anilines is 1. The van der Waals surface area contributed by atoms with Crippen LogP contribution in [0.15, 0.2) is 12.3 Å². The fraction of sp³-hybridized carbons (Fsp3) is 0.444. The van der Waals surface area contributed by atoms with Crippen LogP contribution in [0.25, 0.3) is 0 Å². The van der Waals surface area contributed by atoms with E-state index in [1.807, 2.05) is 11.9 Å². The molecule has 1 aromatic heterocycles. The molecule has 0 radical (unpaired) electrons. The topological polar surface area (TPSA) is 59.3 Å². The fourth-order valence-corrected chi connectivity index (χ4v) is 1.75. The van der Waals surface area contributed by atoms with E-state index in [4.69, 9.17) is 11.6 Å². The lowest BCUT2D eigenvalue weighted by Gasteiger charge is -2.18. The second-order valence-corrected chi connectivity index (χ2v) is 3.93. The SMILES string of the molecule is CN(c1ccnc(Cl)c1[N+](=O)[O-])C1CC1. The third kappa shape index (κ3) is 1.87. The van der Waals surface area contributed by atoms with E-state index in [0.717, 1.165) is 12.8 Å². The van der Waals surface area contributed by atoms with Crippen molar-refractivity contribution in [3.05, 3.63) is 27.5 Å². The summed E-state index contributed by atoms with van der Waals surface area (Å²) in [7, 11) is 1.84. The molecular weight excluding hydrogens is 218 g/mol. The van der Waals surface area contributed by atoms with E-state index in [1.165, 1.54) is 6.20 Å². The molecule has 0 spiro atoms. The predicted molar refractivity (Wildman–Crippen MR) is 57.3 cm³/mol. The van der Waals surface area contributed by atoms with Gasteiger partial charge >= 0.3 is 5.69 Å². The van der Waals surface area contributed by atoms with Gasteiger partial charge in [0.05, 0.1) is 4.92 Å². The maximum atomic E-state index is 10.8. The van der Waals surface area contributed by atoms with Crippen LogP contribution < -0.4 is 4.90 Å². The molecule has 15 heavy (non-hydrogen) atoms. The van der Waals surface area contributed by atoms with Crippen LogP contribution in [0.5, 0.6) is 0 Å². The summed E-state index contributed by atoms with van der Waals surface area (Å²) in [5.74, 6) is 0. The van der Waals surface area contributed by atoms with Crippen molar-refractivity contribution in [1.29, 1.82) is 0 Å². The summed E-state index contributed by atoms with van der Waals surface area (Å²) in [4.78, 5) is 16.0. The second-order valence-electron chi connectivity index (χ2n) is 3.57. The minimum atomic E-state index is -0.483. The lowest BCUT2D eigenvalue weighted by molar-refractivity contribution is -0.384. The van der Waals surface area contributed by atoms with Crippen molar-refractivity contribution in [3.63, 3.8) is 0 Å². The summed E-state index contributed by atoms with van der Waals surface area (Å²) in [5, 5.41) is 10.8. The van der Waals surface area contributed by atoms with Crippen molar-refractivity contribution < 1.29 is 4.92 Å². The van der Waals surface area contributed by atoms with Crippen LogP contribution >= 0.6 is 11.6 Å². The van der Waals surface area contributed by atoms with Crippen molar-refractivity contribution in [2.24, 2.45) is 0 Å². The van der Waals surface area contributed by atoms with Crippen LogP contribution in [0.2, 0.25) is 5.15 Å². The molecule has 1 aromatic rings. The molecule has 0 atom stereocenters. The van der Waals surface area contributed by atoms with Crippen molar-refractivity contribution in [2.75, 3.05) is 11.9 Å². The van der Waals surface area contributed by atoms with E-state index < -0.39 is 4.92 Å². The van der Waals surface area contributed by atoms with Gasteiger partial charge in [-0.2, -0.15) is 0 Å². The Bertz CT molecular complexity index is 406. The van der Waals surface area contributed by atoms with Gasteiger partial charge in [-0.3, -0.25) is 10.1 Å². The summed E-state index contributed by atoms with van der Waals surface area (Å²) >= 11 is 5.71. The Morgan fingerprint density at radius 1 is 1.67 bits per heavy atom. The molecule has 0 aromatic carbocycles. The average Bonchev–Trinajstić information content (AvgIpc) is 2.98. The predicted octanol–water partition coefficient (Wildman–Crippen LogP) is 2.24. The van der Waals surface area contributed by atoms with E-state index in [9.17, 15) is 10.1 Å². The molecule has 80 valence electrons. The van der Waals surface area contributed by atoms with Gasteiger partial charge in [0.25, 0.3) is 0 Å². The van der Waals surface area contributed by atoms with Gasteiger partial charge < -0.3 is 4.90 Å². The van der Waals surface area contributed by atoms with Gasteiger partial charge in [0.2, 0.25) is 5.15 Å². The van der Waals surface area contributed by atoms with Gasteiger partial charge in [-0.15, -0.1) is 0 Å². The molecule has 0 saturated heterocycles. The Morgan fingerprint density at radius 2 is 2.33 bits per heavy atom. The number of hydrogen-bond donors (Lipinski definition) is 0. The summed E-state index contributed by atoms with van der Waals surface area (Å²) in [6, 6.07) is 2.03. The van der Waals surface area contributed by atoms with Crippen LogP contribution in [-0.2, 0) is 0 Å². The maximum absolute atomic E-state index is 10.8. The van der Waals surface area contributed by atoms with E-state index in [1.54, 1.807) is 6.07 Å². The van der Waals surface area contributed by atoms with E-state index >= 15 is 0 Å². The third-order valence-corrected chi connectivity index (χ3v) is 2.79. The van der Waals surface area contributed by atoms with E-state index in [-0.39, 0.29) is 10.8 Å². The van der Waals surface area contributed by atoms with Gasteiger partial charge in [0.15, 0.2) is 0 Å². The monoisotopic (exact) mass is 227 g/mol. The first-order valence-corrected chi connectivity index (χ1v) is 5.01. The van der Waals surface area contributed by atoms with Gasteiger partial charge in [-0.25, -0.2) is 4.98 Å². The minimum absolute atomic E-state index is 0.0509. The van der Waals surface area contributed by atoms with Crippen LogP contribution in [0.1, 0.15) is 12.8 Å². The first-order valence-electron chi connectivity index (χ1n) is 4.63. The molecule has 1 saturated carbocycles. The average molecular weight is 228 g/mol. The summed E-state index contributed by atoms with van der Waals surface area (Å²) in [5.41, 5.74) is 0.441. The number of pyridine rings is 1. The number of nitro groups is 1. The molecule has 1 fully saturated rings. The third-order valence-electron chi connectivity index (χ3n) is 2.52. The molecule has 0 unspecified atom stereocenters. The van der Waals surface area contributed by atoms with Crippen molar-refractivity contribution in [2.45, 2.75) is 18.9 Å². The zero-order valence-corrected chi connectivity index (χ0v) is 8.94. The molecule has 5 nitrogen and oxygen atoms in total. The van der Waals surface area contributed by atoms with Crippen molar-refractivity contribution in [3.8, 4) is 0 Å². The number of halogens is 1. The molecule has 1 heterocycles. The number of nitrogens with zero attached hydrogens (tertiary/aromatic N) is 3. The fourth-order valence-electron chi connectivity index (χ4n) is 1.53. The molecule has 0 amide bonds. The first kappa shape index (κ1) is 10.2. The smallest absolute Gasteiger partial charge is 0.329 e. The van der Waals surface area contributed by atoms with Gasteiger partial charge in [0.1, 0.15) is 5.69 Å². The Balaban J connectivity index is 2.44. The number of hydrogen-bond acceptors (Lipinski definition) is 4. The molecule has 2 rings (SSSR count). The van der Waals surface area contributed by atoms with Crippen LogP contribution in [0.3, 0.4) is 0 Å². The van der Waals surface area contributed by atoms with Crippen LogP contribution in [-0.4, -0.2) is 23.0 Å². The molecule has 0 aliphatic heterocycles.